The molecule has 1 aliphatic rings. The molecular weight excluding hydrogens is 532 g/mol. The minimum Gasteiger partial charge on any atom is -0.447 e. The molecule has 0 saturated carbocycles. The van der Waals surface area contributed by atoms with Crippen molar-refractivity contribution in [2.24, 2.45) is 0 Å². The maximum atomic E-state index is 13.8. The third-order valence-electron chi connectivity index (χ3n) is 6.65. The molecule has 1 fully saturated rings. The molecule has 2 heterocycles. The number of carbonyl (C=O) groups is 2. The largest absolute Gasteiger partial charge is 0.447 e. The van der Waals surface area contributed by atoms with E-state index in [9.17, 15) is 35.9 Å². The van der Waals surface area contributed by atoms with Crippen molar-refractivity contribution >= 4 is 17.8 Å². The smallest absolute Gasteiger partial charge is 0.416 e. The molecule has 1 unspecified atom stereocenters. The number of rotatable bonds is 6. The van der Waals surface area contributed by atoms with Crippen LogP contribution < -0.4 is 4.90 Å². The highest BCUT2D eigenvalue weighted by atomic mass is 19.4. The summed E-state index contributed by atoms with van der Waals surface area (Å²) in [6, 6.07) is 0.648. The number of aryl methyl sites for hydroxylation is 1. The zero-order valence-electron chi connectivity index (χ0n) is 22.2. The highest BCUT2D eigenvalue weighted by Crippen LogP contribution is 2.38. The van der Waals surface area contributed by atoms with Gasteiger partial charge in [-0.3, -0.25) is 9.69 Å². The normalized spacial score (nSPS) is 20.3. The zero-order chi connectivity index (χ0) is 29.3. The number of likely N-dealkylation sites (tertiary alicyclic amines) is 1. The number of hydrogen-bond donors (Lipinski definition) is 0. The van der Waals surface area contributed by atoms with Crippen molar-refractivity contribution in [3.8, 4) is 0 Å². The van der Waals surface area contributed by atoms with E-state index in [1.54, 1.807) is 25.7 Å². The lowest BCUT2D eigenvalue weighted by Gasteiger charge is -2.47. The predicted octanol–water partition coefficient (Wildman–Crippen LogP) is 7.23. The quantitative estimate of drug-likeness (QED) is 0.347. The fourth-order valence-electron chi connectivity index (χ4n) is 4.89. The molecule has 0 radical (unpaired) electrons. The first kappa shape index (κ1) is 30.3. The van der Waals surface area contributed by atoms with Gasteiger partial charge in [0.2, 0.25) is 0 Å². The number of carbonyl (C=O) groups excluding carboxylic acids is 2. The van der Waals surface area contributed by atoms with Crippen molar-refractivity contribution in [2.75, 3.05) is 4.90 Å². The minimum atomic E-state index is -5.12. The Morgan fingerprint density at radius 2 is 1.51 bits per heavy atom. The topological polar surface area (TPSA) is 75.9 Å². The molecule has 0 aliphatic carbocycles. The number of hydrogen-bond acceptors (Lipinski definition) is 5. The Kier molecular flexibility index (Phi) is 8.91. The molecule has 2 aromatic rings. The molecular formula is C26H31F6N3O4. The maximum absolute atomic E-state index is 13.8. The van der Waals surface area contributed by atoms with Crippen LogP contribution >= 0.6 is 0 Å². The molecule has 216 valence electrons. The molecule has 0 bridgehead atoms. The Labute approximate surface area is 222 Å². The number of nitrogens with zero attached hydrogens (tertiary/aromatic N) is 3. The van der Waals surface area contributed by atoms with Crippen molar-refractivity contribution in [1.29, 1.82) is 0 Å². The fraction of sp³-hybridized carbons (Fsp3) is 0.577. The Balaban J connectivity index is 2.10. The minimum absolute atomic E-state index is 0.0274. The lowest BCUT2D eigenvalue weighted by molar-refractivity contribution is -0.143. The molecule has 0 N–H and O–H groups in total. The van der Waals surface area contributed by atoms with Crippen LogP contribution in [0.15, 0.2) is 28.8 Å². The summed E-state index contributed by atoms with van der Waals surface area (Å²) in [5.74, 6) is -0.843. The molecule has 1 aromatic heterocycles. The Morgan fingerprint density at radius 3 is 1.90 bits per heavy atom. The van der Waals surface area contributed by atoms with E-state index in [1.165, 1.54) is 6.07 Å². The summed E-state index contributed by atoms with van der Waals surface area (Å²) in [5, 5.41) is 3.86. The number of aromatic nitrogens is 1. The number of ether oxygens (including phenoxy) is 1. The third kappa shape index (κ3) is 6.85. The summed E-state index contributed by atoms with van der Waals surface area (Å²) in [7, 11) is 0. The summed E-state index contributed by atoms with van der Waals surface area (Å²) < 4.78 is 91.6. The molecule has 39 heavy (non-hydrogen) atoms. The van der Waals surface area contributed by atoms with Crippen LogP contribution in [0.5, 0.6) is 0 Å². The van der Waals surface area contributed by atoms with Crippen molar-refractivity contribution < 1.29 is 45.2 Å². The van der Waals surface area contributed by atoms with Crippen LogP contribution in [0, 0.1) is 6.92 Å². The molecule has 7 nitrogen and oxygen atoms in total. The number of alkyl halides is 6. The van der Waals surface area contributed by atoms with E-state index in [2.05, 4.69) is 5.16 Å². The first-order chi connectivity index (χ1) is 18.1. The molecule has 2 amide bonds. The number of piperidine rings is 1. The zero-order valence-corrected chi connectivity index (χ0v) is 22.2. The van der Waals surface area contributed by atoms with E-state index in [1.807, 2.05) is 13.8 Å². The highest BCUT2D eigenvalue weighted by Gasteiger charge is 2.43. The van der Waals surface area contributed by atoms with Crippen LogP contribution in [0.25, 0.3) is 0 Å². The van der Waals surface area contributed by atoms with Crippen LogP contribution in [0.1, 0.15) is 80.6 Å². The second kappa shape index (κ2) is 11.5. The van der Waals surface area contributed by atoms with Gasteiger partial charge in [0.05, 0.1) is 17.2 Å². The van der Waals surface area contributed by atoms with Gasteiger partial charge >= 0.3 is 18.4 Å². The van der Waals surface area contributed by atoms with Gasteiger partial charge in [-0.05, 0) is 64.7 Å². The van der Waals surface area contributed by atoms with Crippen LogP contribution in [-0.4, -0.2) is 46.3 Å². The van der Waals surface area contributed by atoms with Crippen LogP contribution in [0.2, 0.25) is 0 Å². The number of halogens is 6. The number of amides is 2. The standard InChI is InChI=1S/C26H31F6N3O4/c1-6-19-12-21(13-20(7-2)34(19)24(37)38-14(3)4)35(22-8-15(5)39-33-22)23(36)16-9-17(25(27,28)29)11-18(10-16)26(30,31)32/h8-11,14,19-21H,6-7,12-13H2,1-5H3/t19-,20+,21?. The average molecular weight is 564 g/mol. The summed E-state index contributed by atoms with van der Waals surface area (Å²) in [5.41, 5.74) is -3.98. The molecule has 13 heteroatoms. The maximum Gasteiger partial charge on any atom is 0.416 e. The van der Waals surface area contributed by atoms with Gasteiger partial charge in [-0.15, -0.1) is 0 Å². The van der Waals surface area contributed by atoms with E-state index >= 15 is 0 Å². The SMILES string of the molecule is CC[C@@H]1CC(N(C(=O)c2cc(C(F)(F)F)cc(C(F)(F)F)c2)c2cc(C)on2)C[C@H](CC)N1C(=O)OC(C)C. The van der Waals surface area contributed by atoms with Gasteiger partial charge in [0.25, 0.3) is 5.91 Å². The van der Waals surface area contributed by atoms with Gasteiger partial charge < -0.3 is 14.2 Å². The average Bonchev–Trinajstić information content (AvgIpc) is 3.26. The van der Waals surface area contributed by atoms with Gasteiger partial charge in [0.1, 0.15) is 5.76 Å². The van der Waals surface area contributed by atoms with E-state index in [0.29, 0.717) is 30.7 Å². The van der Waals surface area contributed by atoms with Crippen molar-refractivity contribution in [2.45, 2.75) is 96.9 Å². The Morgan fingerprint density at radius 1 is 1.00 bits per heavy atom. The predicted molar refractivity (Wildman–Crippen MR) is 129 cm³/mol. The summed E-state index contributed by atoms with van der Waals surface area (Å²) in [4.78, 5) is 29.4. The van der Waals surface area contributed by atoms with Crippen LogP contribution in [0.3, 0.4) is 0 Å². The second-order valence-electron chi connectivity index (χ2n) is 9.85. The first-order valence-electron chi connectivity index (χ1n) is 12.6. The van der Waals surface area contributed by atoms with E-state index in [4.69, 9.17) is 9.26 Å². The van der Waals surface area contributed by atoms with E-state index in [-0.39, 0.29) is 30.8 Å². The molecule has 3 rings (SSSR count). The molecule has 1 aliphatic heterocycles. The van der Waals surface area contributed by atoms with E-state index in [0.717, 1.165) is 4.90 Å². The Bertz CT molecular complexity index is 1130. The van der Waals surface area contributed by atoms with Crippen molar-refractivity contribution in [1.82, 2.24) is 10.1 Å². The van der Waals surface area contributed by atoms with Gasteiger partial charge in [-0.2, -0.15) is 26.3 Å². The summed E-state index contributed by atoms with van der Waals surface area (Å²) >= 11 is 0. The molecule has 1 saturated heterocycles. The van der Waals surface area contributed by atoms with Gasteiger partial charge in [0, 0.05) is 29.8 Å². The Hall–Kier alpha value is -3.25. The van der Waals surface area contributed by atoms with E-state index < -0.39 is 59.2 Å². The van der Waals surface area contributed by atoms with Gasteiger partial charge in [-0.25, -0.2) is 4.79 Å². The van der Waals surface area contributed by atoms with Crippen LogP contribution in [0.4, 0.5) is 37.0 Å². The summed E-state index contributed by atoms with van der Waals surface area (Å²) in [6.45, 7) is 8.64. The third-order valence-corrected chi connectivity index (χ3v) is 6.65. The van der Waals surface area contributed by atoms with Gasteiger partial charge in [-0.1, -0.05) is 19.0 Å². The lowest BCUT2D eigenvalue weighted by Crippen LogP contribution is -2.58. The second-order valence-corrected chi connectivity index (χ2v) is 9.85. The number of benzene rings is 1. The lowest BCUT2D eigenvalue weighted by atomic mass is 9.87. The van der Waals surface area contributed by atoms with Crippen molar-refractivity contribution in [3.63, 3.8) is 0 Å². The molecule has 0 spiro atoms. The van der Waals surface area contributed by atoms with Gasteiger partial charge in [0.15, 0.2) is 5.82 Å². The highest BCUT2D eigenvalue weighted by molar-refractivity contribution is 6.06. The molecule has 3 atom stereocenters. The monoisotopic (exact) mass is 563 g/mol. The van der Waals surface area contributed by atoms with Crippen LogP contribution in [-0.2, 0) is 17.1 Å². The fourth-order valence-corrected chi connectivity index (χ4v) is 4.89. The first-order valence-corrected chi connectivity index (χ1v) is 12.6. The van der Waals surface area contributed by atoms with Crippen molar-refractivity contribution in [3.05, 3.63) is 46.7 Å². The summed E-state index contributed by atoms with van der Waals surface area (Å²) in [6.07, 6.45) is -9.78. The number of anilines is 1. The molecule has 1 aromatic carbocycles.